The summed E-state index contributed by atoms with van der Waals surface area (Å²) in [7, 11) is 0. The van der Waals surface area contributed by atoms with Crippen LogP contribution in [-0.2, 0) is 9.53 Å². The summed E-state index contributed by atoms with van der Waals surface area (Å²) in [6.07, 6.45) is 3.76. The Labute approximate surface area is 97.1 Å². The van der Waals surface area contributed by atoms with E-state index in [9.17, 15) is 4.79 Å². The molecule has 0 aliphatic carbocycles. The van der Waals surface area contributed by atoms with Gasteiger partial charge in [-0.2, -0.15) is 0 Å². The van der Waals surface area contributed by atoms with Crippen LogP contribution in [-0.4, -0.2) is 17.0 Å². The molecule has 0 heterocycles. The zero-order chi connectivity index (χ0) is 10.2. The van der Waals surface area contributed by atoms with E-state index in [-0.39, 0.29) is 5.97 Å². The molecule has 0 spiro atoms. The maximum absolute atomic E-state index is 10.8. The van der Waals surface area contributed by atoms with Gasteiger partial charge in [-0.05, 0) is 11.6 Å². The molecule has 3 heteroatoms. The predicted molar refractivity (Wildman–Crippen MR) is 65.3 cm³/mol. The third-order valence-electron chi connectivity index (χ3n) is 1.56. The van der Waals surface area contributed by atoms with Gasteiger partial charge < -0.3 is 4.74 Å². The first-order valence-corrected chi connectivity index (χ1v) is 5.78. The molecule has 0 aromatic heterocycles. The maximum atomic E-state index is 10.8. The molecule has 0 fully saturated rings. The second-order valence-corrected chi connectivity index (χ2v) is 3.39. The van der Waals surface area contributed by atoms with Gasteiger partial charge in [0.2, 0.25) is 0 Å². The molecule has 0 amide bonds. The van der Waals surface area contributed by atoms with Crippen molar-refractivity contribution >= 4 is 34.6 Å². The third kappa shape index (κ3) is 4.41. The van der Waals surface area contributed by atoms with Gasteiger partial charge in [0.1, 0.15) is 6.61 Å². The van der Waals surface area contributed by atoms with Crippen LogP contribution in [0.25, 0.3) is 6.08 Å². The van der Waals surface area contributed by atoms with Crippen LogP contribution in [0.1, 0.15) is 5.56 Å². The highest BCUT2D eigenvalue weighted by Crippen LogP contribution is 2.00. The van der Waals surface area contributed by atoms with Crippen LogP contribution in [0.3, 0.4) is 0 Å². The zero-order valence-corrected chi connectivity index (χ0v) is 9.81. The van der Waals surface area contributed by atoms with Crippen LogP contribution in [0.5, 0.6) is 0 Å². The van der Waals surface area contributed by atoms with Crippen molar-refractivity contribution in [3.63, 3.8) is 0 Å². The average molecular weight is 302 g/mol. The summed E-state index contributed by atoms with van der Waals surface area (Å²) in [5.41, 5.74) is 1.11. The molecule has 0 radical (unpaired) electrons. The molecule has 0 aliphatic heterocycles. The lowest BCUT2D eigenvalue weighted by atomic mass is 10.2. The minimum atomic E-state index is -0.177. The SMILES string of the molecule is O=C(CI)OCC=Cc1ccccc1. The van der Waals surface area contributed by atoms with Gasteiger partial charge in [-0.15, -0.1) is 0 Å². The van der Waals surface area contributed by atoms with E-state index in [1.807, 2.05) is 65.1 Å². The predicted octanol–water partition coefficient (Wildman–Crippen LogP) is 2.68. The number of halogens is 1. The molecule has 0 N–H and O–H groups in total. The molecule has 0 unspecified atom stereocenters. The van der Waals surface area contributed by atoms with Gasteiger partial charge in [0.25, 0.3) is 0 Å². The third-order valence-corrected chi connectivity index (χ3v) is 2.18. The number of rotatable bonds is 4. The fraction of sp³-hybridized carbons (Fsp3) is 0.182. The Hall–Kier alpha value is -0.840. The quantitative estimate of drug-likeness (QED) is 0.485. The normalized spacial score (nSPS) is 10.4. The van der Waals surface area contributed by atoms with Gasteiger partial charge >= 0.3 is 5.97 Å². The smallest absolute Gasteiger partial charge is 0.316 e. The molecule has 2 nitrogen and oxygen atoms in total. The van der Waals surface area contributed by atoms with E-state index in [2.05, 4.69) is 0 Å². The van der Waals surface area contributed by atoms with Crippen molar-refractivity contribution in [2.75, 3.05) is 11.0 Å². The largest absolute Gasteiger partial charge is 0.461 e. The number of alkyl halides is 1. The second-order valence-electron chi connectivity index (χ2n) is 2.63. The van der Waals surface area contributed by atoms with E-state index in [4.69, 9.17) is 4.74 Å². The highest BCUT2D eigenvalue weighted by molar-refractivity contribution is 14.1. The molecule has 1 rings (SSSR count). The van der Waals surface area contributed by atoms with Crippen LogP contribution in [0.2, 0.25) is 0 Å². The van der Waals surface area contributed by atoms with Gasteiger partial charge in [-0.3, -0.25) is 4.79 Å². The Morgan fingerprint density at radius 3 is 2.71 bits per heavy atom. The number of carbonyl (C=O) groups is 1. The summed E-state index contributed by atoms with van der Waals surface area (Å²) in [5.74, 6) is -0.177. The zero-order valence-electron chi connectivity index (χ0n) is 7.65. The summed E-state index contributed by atoms with van der Waals surface area (Å²) in [6.45, 7) is 0.344. The maximum Gasteiger partial charge on any atom is 0.316 e. The van der Waals surface area contributed by atoms with Gasteiger partial charge in [0.15, 0.2) is 0 Å². The van der Waals surface area contributed by atoms with Crippen molar-refractivity contribution in [1.29, 1.82) is 0 Å². The highest BCUT2D eigenvalue weighted by atomic mass is 127. The minimum absolute atomic E-state index is 0.177. The van der Waals surface area contributed by atoms with Crippen LogP contribution in [0.4, 0.5) is 0 Å². The first-order chi connectivity index (χ1) is 6.83. The molecule has 0 atom stereocenters. The number of hydrogen-bond donors (Lipinski definition) is 0. The molecular formula is C11H11IO2. The fourth-order valence-electron chi connectivity index (χ4n) is 0.928. The van der Waals surface area contributed by atoms with E-state index in [0.29, 0.717) is 11.0 Å². The number of benzene rings is 1. The summed E-state index contributed by atoms with van der Waals surface area (Å²) in [5, 5.41) is 0. The Morgan fingerprint density at radius 2 is 2.07 bits per heavy atom. The topological polar surface area (TPSA) is 26.3 Å². The first-order valence-electron chi connectivity index (χ1n) is 4.26. The van der Waals surface area contributed by atoms with Gasteiger partial charge in [0, 0.05) is 0 Å². The lowest BCUT2D eigenvalue weighted by Crippen LogP contribution is -2.04. The van der Waals surface area contributed by atoms with E-state index in [0.717, 1.165) is 5.56 Å². The van der Waals surface area contributed by atoms with Crippen LogP contribution < -0.4 is 0 Å². The standard InChI is InChI=1S/C11H11IO2/c12-9-11(13)14-8-4-7-10-5-2-1-3-6-10/h1-7H,8-9H2. The van der Waals surface area contributed by atoms with Gasteiger partial charge in [0.05, 0.1) is 4.43 Å². The molecular weight excluding hydrogens is 291 g/mol. The molecule has 0 saturated heterocycles. The van der Waals surface area contributed by atoms with Crippen molar-refractivity contribution in [3.8, 4) is 0 Å². The Kier molecular flexibility index (Phi) is 5.29. The first kappa shape index (κ1) is 11.2. The Bertz CT molecular complexity index is 306. The van der Waals surface area contributed by atoms with Crippen molar-refractivity contribution in [3.05, 3.63) is 42.0 Å². The number of carbonyl (C=O) groups excluding carboxylic acids is 1. The van der Waals surface area contributed by atoms with Gasteiger partial charge in [-0.25, -0.2) is 0 Å². The van der Waals surface area contributed by atoms with Crippen molar-refractivity contribution in [2.45, 2.75) is 0 Å². The molecule has 1 aromatic rings. The lowest BCUT2D eigenvalue weighted by molar-refractivity contribution is -0.138. The minimum Gasteiger partial charge on any atom is -0.461 e. The van der Waals surface area contributed by atoms with Crippen molar-refractivity contribution in [1.82, 2.24) is 0 Å². The molecule has 0 saturated carbocycles. The van der Waals surface area contributed by atoms with Gasteiger partial charge in [-0.1, -0.05) is 59.0 Å². The fourth-order valence-corrected chi connectivity index (χ4v) is 1.15. The van der Waals surface area contributed by atoms with E-state index < -0.39 is 0 Å². The van der Waals surface area contributed by atoms with Crippen LogP contribution in [0.15, 0.2) is 36.4 Å². The average Bonchev–Trinajstić information content (AvgIpc) is 2.25. The summed E-state index contributed by atoms with van der Waals surface area (Å²) in [6, 6.07) is 9.90. The second kappa shape index (κ2) is 6.59. The summed E-state index contributed by atoms with van der Waals surface area (Å²) >= 11 is 1.98. The van der Waals surface area contributed by atoms with E-state index >= 15 is 0 Å². The number of ether oxygens (including phenoxy) is 1. The van der Waals surface area contributed by atoms with E-state index in [1.165, 1.54) is 0 Å². The van der Waals surface area contributed by atoms with Crippen molar-refractivity contribution in [2.24, 2.45) is 0 Å². The Balaban J connectivity index is 2.31. The molecule has 14 heavy (non-hydrogen) atoms. The monoisotopic (exact) mass is 302 g/mol. The lowest BCUT2D eigenvalue weighted by Gasteiger charge is -1.96. The van der Waals surface area contributed by atoms with Crippen molar-refractivity contribution < 1.29 is 9.53 Å². The molecule has 1 aromatic carbocycles. The number of hydrogen-bond acceptors (Lipinski definition) is 2. The van der Waals surface area contributed by atoms with Crippen LogP contribution >= 0.6 is 22.6 Å². The molecule has 0 aliphatic rings. The summed E-state index contributed by atoms with van der Waals surface area (Å²) in [4.78, 5) is 10.8. The Morgan fingerprint density at radius 1 is 1.36 bits per heavy atom. The number of esters is 1. The molecule has 0 bridgehead atoms. The summed E-state index contributed by atoms with van der Waals surface area (Å²) < 4.78 is 5.28. The highest BCUT2D eigenvalue weighted by Gasteiger charge is 1.94. The molecule has 74 valence electrons. The van der Waals surface area contributed by atoms with E-state index in [1.54, 1.807) is 0 Å². The van der Waals surface area contributed by atoms with Crippen LogP contribution in [0, 0.1) is 0 Å².